The molecule has 0 spiro atoms. The van der Waals surface area contributed by atoms with Crippen molar-refractivity contribution in [3.63, 3.8) is 0 Å². The summed E-state index contributed by atoms with van der Waals surface area (Å²) in [6.07, 6.45) is 0. The second-order valence-electron chi connectivity index (χ2n) is 5.28. The van der Waals surface area contributed by atoms with Crippen molar-refractivity contribution in [2.75, 3.05) is 6.61 Å². The van der Waals surface area contributed by atoms with Crippen molar-refractivity contribution in [3.05, 3.63) is 60.2 Å². The van der Waals surface area contributed by atoms with E-state index in [4.69, 9.17) is 9.72 Å². The van der Waals surface area contributed by atoms with Crippen molar-refractivity contribution in [1.29, 1.82) is 0 Å². The Kier molecular flexibility index (Phi) is 3.15. The number of fused-ring (bicyclic) bond motifs is 4. The molecule has 4 heteroatoms. The first-order valence-electron chi connectivity index (χ1n) is 7.53. The van der Waals surface area contributed by atoms with E-state index >= 15 is 0 Å². The van der Waals surface area contributed by atoms with E-state index in [9.17, 15) is 4.79 Å². The number of hydrogen-bond acceptors (Lipinski definition) is 4. The van der Waals surface area contributed by atoms with Crippen LogP contribution in [0.1, 0.15) is 17.3 Å². The zero-order valence-electron chi connectivity index (χ0n) is 12.6. The number of para-hydroxylation sites is 2. The van der Waals surface area contributed by atoms with Crippen LogP contribution < -0.4 is 0 Å². The molecule has 3 aromatic carbocycles. The molecule has 4 rings (SSSR count). The maximum Gasteiger partial charge on any atom is 0.340 e. The van der Waals surface area contributed by atoms with Crippen LogP contribution in [-0.2, 0) is 4.74 Å². The number of carbonyl (C=O) groups is 1. The molecule has 0 unspecified atom stereocenters. The Morgan fingerprint density at radius 2 is 1.61 bits per heavy atom. The lowest BCUT2D eigenvalue weighted by Crippen LogP contribution is -2.07. The van der Waals surface area contributed by atoms with Crippen molar-refractivity contribution < 1.29 is 9.53 Å². The summed E-state index contributed by atoms with van der Waals surface area (Å²) in [6, 6.07) is 17.4. The molecular formula is C19H14N2O2. The van der Waals surface area contributed by atoms with Gasteiger partial charge in [0.15, 0.2) is 0 Å². The summed E-state index contributed by atoms with van der Waals surface area (Å²) in [4.78, 5) is 21.8. The molecule has 4 nitrogen and oxygen atoms in total. The summed E-state index contributed by atoms with van der Waals surface area (Å²) in [5, 5.41) is 1.93. The van der Waals surface area contributed by atoms with Gasteiger partial charge in [-0.15, -0.1) is 0 Å². The highest BCUT2D eigenvalue weighted by molar-refractivity contribution is 6.14. The van der Waals surface area contributed by atoms with E-state index in [1.54, 1.807) is 6.92 Å². The van der Waals surface area contributed by atoms with Gasteiger partial charge in [-0.05, 0) is 30.5 Å². The van der Waals surface area contributed by atoms with Crippen LogP contribution in [0.3, 0.4) is 0 Å². The lowest BCUT2D eigenvalue weighted by Gasteiger charge is -2.09. The van der Waals surface area contributed by atoms with Gasteiger partial charge in [-0.3, -0.25) is 0 Å². The summed E-state index contributed by atoms with van der Waals surface area (Å²) >= 11 is 0. The van der Waals surface area contributed by atoms with Crippen molar-refractivity contribution in [1.82, 2.24) is 9.97 Å². The molecule has 0 atom stereocenters. The smallest absolute Gasteiger partial charge is 0.340 e. The van der Waals surface area contributed by atoms with Gasteiger partial charge in [-0.1, -0.05) is 36.4 Å². The first-order valence-corrected chi connectivity index (χ1v) is 7.53. The van der Waals surface area contributed by atoms with Crippen LogP contribution in [0.15, 0.2) is 54.6 Å². The van der Waals surface area contributed by atoms with Gasteiger partial charge >= 0.3 is 5.97 Å². The Balaban J connectivity index is 2.17. The Morgan fingerprint density at radius 3 is 2.35 bits per heavy atom. The molecule has 4 aromatic rings. The molecule has 0 saturated heterocycles. The van der Waals surface area contributed by atoms with Gasteiger partial charge < -0.3 is 4.74 Å². The average molecular weight is 302 g/mol. The van der Waals surface area contributed by atoms with Crippen LogP contribution in [0.25, 0.3) is 32.8 Å². The van der Waals surface area contributed by atoms with Crippen LogP contribution in [-0.4, -0.2) is 22.5 Å². The maximum absolute atomic E-state index is 12.3. The first-order chi connectivity index (χ1) is 11.3. The SMILES string of the molecule is CCOC(=O)c1cc2ccccc2c2nc3ccccc3nc12. The van der Waals surface area contributed by atoms with E-state index < -0.39 is 0 Å². The normalized spacial score (nSPS) is 11.2. The Labute approximate surface area is 132 Å². The first kappa shape index (κ1) is 13.6. The number of rotatable bonds is 2. The predicted molar refractivity (Wildman–Crippen MR) is 90.5 cm³/mol. The molecule has 112 valence electrons. The molecule has 0 aliphatic rings. The monoisotopic (exact) mass is 302 g/mol. The minimum Gasteiger partial charge on any atom is -0.462 e. The lowest BCUT2D eigenvalue weighted by atomic mass is 10.0. The molecular weight excluding hydrogens is 288 g/mol. The van der Waals surface area contributed by atoms with Gasteiger partial charge in [-0.25, -0.2) is 14.8 Å². The number of ether oxygens (including phenoxy) is 1. The molecule has 23 heavy (non-hydrogen) atoms. The van der Waals surface area contributed by atoms with E-state index in [-0.39, 0.29) is 5.97 Å². The molecule has 1 aromatic heterocycles. The van der Waals surface area contributed by atoms with Gasteiger partial charge in [-0.2, -0.15) is 0 Å². The summed E-state index contributed by atoms with van der Waals surface area (Å²) in [7, 11) is 0. The predicted octanol–water partition coefficient (Wildman–Crippen LogP) is 4.11. The number of benzene rings is 3. The van der Waals surface area contributed by atoms with Crippen molar-refractivity contribution >= 4 is 38.8 Å². The second-order valence-corrected chi connectivity index (χ2v) is 5.28. The fourth-order valence-electron chi connectivity index (χ4n) is 2.80. The summed E-state index contributed by atoms with van der Waals surface area (Å²) in [6.45, 7) is 2.12. The molecule has 0 fully saturated rings. The zero-order valence-corrected chi connectivity index (χ0v) is 12.6. The standard InChI is InChI=1S/C19H14N2O2/c1-2-23-19(22)14-11-12-7-3-4-8-13(12)17-18(14)21-16-10-6-5-9-15(16)20-17/h3-11H,2H2,1H3. The van der Waals surface area contributed by atoms with Crippen LogP contribution in [0.2, 0.25) is 0 Å². The highest BCUT2D eigenvalue weighted by Gasteiger charge is 2.17. The Bertz CT molecular complexity index is 1060. The summed E-state index contributed by atoms with van der Waals surface area (Å²) in [5.74, 6) is -0.368. The largest absolute Gasteiger partial charge is 0.462 e. The van der Waals surface area contributed by atoms with Crippen LogP contribution in [0.5, 0.6) is 0 Å². The summed E-state index contributed by atoms with van der Waals surface area (Å²) in [5.41, 5.74) is 3.34. The van der Waals surface area contributed by atoms with Crippen LogP contribution in [0, 0.1) is 0 Å². The molecule has 0 amide bonds. The van der Waals surface area contributed by atoms with Gasteiger partial charge in [0.25, 0.3) is 0 Å². The van der Waals surface area contributed by atoms with Gasteiger partial charge in [0, 0.05) is 5.39 Å². The van der Waals surface area contributed by atoms with Crippen molar-refractivity contribution in [3.8, 4) is 0 Å². The molecule has 0 N–H and O–H groups in total. The average Bonchev–Trinajstić information content (AvgIpc) is 2.59. The van der Waals surface area contributed by atoms with E-state index in [1.165, 1.54) is 0 Å². The summed E-state index contributed by atoms with van der Waals surface area (Å²) < 4.78 is 5.19. The number of esters is 1. The fraction of sp³-hybridized carbons (Fsp3) is 0.105. The van der Waals surface area contributed by atoms with Crippen LogP contribution in [0.4, 0.5) is 0 Å². The number of hydrogen-bond donors (Lipinski definition) is 0. The minimum absolute atomic E-state index is 0.328. The van der Waals surface area contributed by atoms with E-state index in [0.717, 1.165) is 27.3 Å². The van der Waals surface area contributed by atoms with Gasteiger partial charge in [0.2, 0.25) is 0 Å². The zero-order chi connectivity index (χ0) is 15.8. The number of carbonyl (C=O) groups excluding carboxylic acids is 1. The lowest BCUT2D eigenvalue weighted by molar-refractivity contribution is 0.0528. The Morgan fingerprint density at radius 1 is 0.957 bits per heavy atom. The second kappa shape index (κ2) is 5.32. The molecule has 0 bridgehead atoms. The van der Waals surface area contributed by atoms with Gasteiger partial charge in [0.1, 0.15) is 5.52 Å². The van der Waals surface area contributed by atoms with E-state index in [0.29, 0.717) is 17.7 Å². The van der Waals surface area contributed by atoms with Crippen molar-refractivity contribution in [2.45, 2.75) is 6.92 Å². The van der Waals surface area contributed by atoms with Crippen LogP contribution >= 0.6 is 0 Å². The quantitative estimate of drug-likeness (QED) is 0.317. The van der Waals surface area contributed by atoms with Gasteiger partial charge in [0.05, 0.1) is 28.7 Å². The number of nitrogens with zero attached hydrogens (tertiary/aromatic N) is 2. The highest BCUT2D eigenvalue weighted by Crippen LogP contribution is 2.28. The molecule has 1 heterocycles. The Hall–Kier alpha value is -3.01. The topological polar surface area (TPSA) is 52.1 Å². The third-order valence-corrected chi connectivity index (χ3v) is 3.84. The molecule has 0 radical (unpaired) electrons. The molecule has 0 aliphatic heterocycles. The molecule has 0 aliphatic carbocycles. The third-order valence-electron chi connectivity index (χ3n) is 3.84. The highest BCUT2D eigenvalue weighted by atomic mass is 16.5. The molecule has 0 saturated carbocycles. The van der Waals surface area contributed by atoms with Crippen molar-refractivity contribution in [2.24, 2.45) is 0 Å². The minimum atomic E-state index is -0.368. The fourth-order valence-corrected chi connectivity index (χ4v) is 2.80. The van der Waals surface area contributed by atoms with E-state index in [2.05, 4.69) is 4.98 Å². The van der Waals surface area contributed by atoms with E-state index in [1.807, 2.05) is 54.6 Å². The number of aromatic nitrogens is 2. The maximum atomic E-state index is 12.3. The third kappa shape index (κ3) is 2.19.